The van der Waals surface area contributed by atoms with E-state index in [9.17, 15) is 0 Å². The number of rotatable bonds is 3. The van der Waals surface area contributed by atoms with Crippen LogP contribution < -0.4 is 5.84 Å². The minimum atomic E-state index is 0.436. The molecule has 0 aromatic carbocycles. The van der Waals surface area contributed by atoms with E-state index < -0.39 is 0 Å². The molecule has 0 atom stereocenters. The van der Waals surface area contributed by atoms with Crippen molar-refractivity contribution < 1.29 is 4.42 Å². The van der Waals surface area contributed by atoms with Crippen molar-refractivity contribution >= 4 is 17.4 Å². The Morgan fingerprint density at radius 1 is 1.14 bits per heavy atom. The van der Waals surface area contributed by atoms with E-state index in [1.54, 1.807) is 30.5 Å². The Morgan fingerprint density at radius 2 is 2.10 bits per heavy atom. The molecule has 0 spiro atoms. The molecule has 2 N–H and O–H groups in total. The van der Waals surface area contributed by atoms with Gasteiger partial charge in [0.15, 0.2) is 11.4 Å². The highest BCUT2D eigenvalue weighted by Gasteiger charge is 2.15. The Kier molecular flexibility index (Phi) is 2.57. The first-order valence-corrected chi connectivity index (χ1v) is 6.60. The number of aromatic nitrogens is 8. The first-order valence-electron chi connectivity index (χ1n) is 5.79. The van der Waals surface area contributed by atoms with Crippen LogP contribution in [0.2, 0.25) is 0 Å². The minimum Gasteiger partial charge on any atom is -0.461 e. The third kappa shape index (κ3) is 1.99. The average molecular weight is 301 g/mol. The van der Waals surface area contributed by atoms with Gasteiger partial charge in [0.25, 0.3) is 0 Å². The molecule has 0 saturated heterocycles. The highest BCUT2D eigenvalue weighted by Crippen LogP contribution is 2.26. The van der Waals surface area contributed by atoms with Crippen LogP contribution in [-0.4, -0.2) is 40.1 Å². The Morgan fingerprint density at radius 3 is 2.95 bits per heavy atom. The van der Waals surface area contributed by atoms with Crippen molar-refractivity contribution in [3.63, 3.8) is 0 Å². The smallest absolute Gasteiger partial charge is 0.218 e. The van der Waals surface area contributed by atoms with Gasteiger partial charge in [0.05, 0.1) is 6.26 Å². The highest BCUT2D eigenvalue weighted by atomic mass is 32.2. The van der Waals surface area contributed by atoms with E-state index in [0.717, 1.165) is 0 Å². The zero-order valence-electron chi connectivity index (χ0n) is 10.4. The number of fused-ring (bicyclic) bond motifs is 1. The molecule has 0 aliphatic rings. The zero-order valence-corrected chi connectivity index (χ0v) is 11.2. The SMILES string of the molecule is Nn1c(Sc2ccc3nnnn3n2)nnc1-c1ccco1. The number of nitrogens with two attached hydrogens (primary N) is 1. The van der Waals surface area contributed by atoms with Gasteiger partial charge in [-0.15, -0.1) is 25.0 Å². The van der Waals surface area contributed by atoms with Crippen LogP contribution in [0.5, 0.6) is 0 Å². The summed E-state index contributed by atoms with van der Waals surface area (Å²) in [5, 5.41) is 24.4. The summed E-state index contributed by atoms with van der Waals surface area (Å²) in [6.07, 6.45) is 1.55. The van der Waals surface area contributed by atoms with Gasteiger partial charge in [-0.2, -0.15) is 0 Å². The first kappa shape index (κ1) is 11.8. The van der Waals surface area contributed by atoms with Crippen molar-refractivity contribution in [1.82, 2.24) is 40.1 Å². The zero-order chi connectivity index (χ0) is 14.2. The third-order valence-corrected chi connectivity index (χ3v) is 3.53. The molecule has 4 aromatic rings. The Bertz CT molecular complexity index is 896. The normalized spacial score (nSPS) is 11.2. The molecule has 10 nitrogen and oxygen atoms in total. The van der Waals surface area contributed by atoms with Gasteiger partial charge in [-0.3, -0.25) is 0 Å². The number of nitrogens with zero attached hydrogens (tertiary/aromatic N) is 8. The largest absolute Gasteiger partial charge is 0.461 e. The predicted octanol–water partition coefficient (Wildman–Crippen LogP) is 0.236. The summed E-state index contributed by atoms with van der Waals surface area (Å²) in [5.41, 5.74) is 0.560. The van der Waals surface area contributed by atoms with E-state index in [1.807, 2.05) is 0 Å². The lowest BCUT2D eigenvalue weighted by Gasteiger charge is -2.01. The van der Waals surface area contributed by atoms with E-state index in [0.29, 0.717) is 27.4 Å². The molecule has 0 amide bonds. The van der Waals surface area contributed by atoms with Crippen LogP contribution >= 0.6 is 11.8 Å². The lowest BCUT2D eigenvalue weighted by Crippen LogP contribution is -2.11. The van der Waals surface area contributed by atoms with Gasteiger partial charge in [-0.25, -0.2) is 4.68 Å². The molecule has 4 heterocycles. The summed E-state index contributed by atoms with van der Waals surface area (Å²) in [5.74, 6) is 6.95. The molecular formula is C10H7N9OS. The van der Waals surface area contributed by atoms with Crippen LogP contribution in [0.4, 0.5) is 0 Å². The molecule has 0 aliphatic carbocycles. The van der Waals surface area contributed by atoms with Crippen molar-refractivity contribution in [1.29, 1.82) is 0 Å². The average Bonchev–Trinajstić information content (AvgIpc) is 3.20. The van der Waals surface area contributed by atoms with Crippen LogP contribution in [0.3, 0.4) is 0 Å². The van der Waals surface area contributed by atoms with Gasteiger partial charge in [0.1, 0.15) is 5.03 Å². The molecule has 11 heteroatoms. The number of nitrogen functional groups attached to an aromatic ring is 1. The quantitative estimate of drug-likeness (QED) is 0.529. The topological polar surface area (TPSA) is 126 Å². The van der Waals surface area contributed by atoms with E-state index in [1.165, 1.54) is 21.1 Å². The van der Waals surface area contributed by atoms with Gasteiger partial charge < -0.3 is 10.3 Å². The molecule has 104 valence electrons. The van der Waals surface area contributed by atoms with Crippen LogP contribution in [0.1, 0.15) is 0 Å². The van der Waals surface area contributed by atoms with E-state index in [4.69, 9.17) is 10.3 Å². The van der Waals surface area contributed by atoms with Crippen molar-refractivity contribution in [2.24, 2.45) is 0 Å². The lowest BCUT2D eigenvalue weighted by atomic mass is 10.4. The fraction of sp³-hybridized carbons (Fsp3) is 0. The van der Waals surface area contributed by atoms with Gasteiger partial charge >= 0.3 is 0 Å². The molecular weight excluding hydrogens is 294 g/mol. The summed E-state index contributed by atoms with van der Waals surface area (Å²) in [4.78, 5) is 0. The fourth-order valence-electron chi connectivity index (χ4n) is 1.70. The number of hydrogen-bond acceptors (Lipinski definition) is 9. The lowest BCUT2D eigenvalue weighted by molar-refractivity contribution is 0.574. The second-order valence-corrected chi connectivity index (χ2v) is 4.94. The number of furan rings is 1. The maximum Gasteiger partial charge on any atom is 0.218 e. The first-order chi connectivity index (χ1) is 10.3. The number of tetrazole rings is 1. The van der Waals surface area contributed by atoms with Crippen LogP contribution in [-0.2, 0) is 0 Å². The Hall–Kier alpha value is -2.95. The van der Waals surface area contributed by atoms with Crippen LogP contribution in [0.15, 0.2) is 45.1 Å². The van der Waals surface area contributed by atoms with Gasteiger partial charge in [0.2, 0.25) is 11.0 Å². The standard InChI is InChI=1S/C10H7N9OS/c11-18-9(6-2-1-5-20-6)13-14-10(18)21-8-4-3-7-12-16-17-19(7)15-8/h1-5H,11H2. The summed E-state index contributed by atoms with van der Waals surface area (Å²) in [6, 6.07) is 7.04. The molecule has 0 radical (unpaired) electrons. The molecule has 4 rings (SSSR count). The third-order valence-electron chi connectivity index (χ3n) is 2.65. The van der Waals surface area contributed by atoms with Crippen molar-refractivity contribution in [2.75, 3.05) is 5.84 Å². The Labute approximate surface area is 120 Å². The monoisotopic (exact) mass is 301 g/mol. The second kappa shape index (κ2) is 4.56. The van der Waals surface area contributed by atoms with Gasteiger partial charge in [-0.1, -0.05) is 0 Å². The van der Waals surface area contributed by atoms with Crippen molar-refractivity contribution in [2.45, 2.75) is 10.2 Å². The van der Waals surface area contributed by atoms with Crippen LogP contribution in [0.25, 0.3) is 17.2 Å². The molecule has 0 bridgehead atoms. The maximum atomic E-state index is 5.97. The summed E-state index contributed by atoms with van der Waals surface area (Å²) < 4.78 is 7.92. The minimum absolute atomic E-state index is 0.436. The molecule has 21 heavy (non-hydrogen) atoms. The summed E-state index contributed by atoms with van der Waals surface area (Å²) in [6.45, 7) is 0. The van der Waals surface area contributed by atoms with E-state index >= 15 is 0 Å². The second-order valence-electron chi connectivity index (χ2n) is 3.95. The molecule has 0 unspecified atom stereocenters. The van der Waals surface area contributed by atoms with Crippen LogP contribution in [0, 0.1) is 0 Å². The molecule has 0 fully saturated rings. The molecule has 0 saturated carbocycles. The summed E-state index contributed by atoms with van der Waals surface area (Å²) in [7, 11) is 0. The predicted molar refractivity (Wildman–Crippen MR) is 70.6 cm³/mol. The summed E-state index contributed by atoms with van der Waals surface area (Å²) >= 11 is 1.25. The number of hydrogen-bond donors (Lipinski definition) is 1. The van der Waals surface area contributed by atoms with E-state index in [2.05, 4.69) is 30.8 Å². The van der Waals surface area contributed by atoms with E-state index in [-0.39, 0.29) is 0 Å². The highest BCUT2D eigenvalue weighted by molar-refractivity contribution is 7.99. The maximum absolute atomic E-state index is 5.97. The van der Waals surface area contributed by atoms with Crippen molar-refractivity contribution in [3.8, 4) is 11.6 Å². The molecule has 0 aliphatic heterocycles. The molecule has 4 aromatic heterocycles. The van der Waals surface area contributed by atoms with Gasteiger partial charge in [-0.05, 0) is 46.5 Å². The van der Waals surface area contributed by atoms with Gasteiger partial charge in [0, 0.05) is 0 Å². The van der Waals surface area contributed by atoms with Crippen molar-refractivity contribution in [3.05, 3.63) is 30.5 Å². The fourth-order valence-corrected chi connectivity index (χ4v) is 2.41. The Balaban J connectivity index is 1.68.